The van der Waals surface area contributed by atoms with E-state index >= 15 is 0 Å². The van der Waals surface area contributed by atoms with E-state index in [9.17, 15) is 9.59 Å². The molecule has 0 atom stereocenters. The quantitative estimate of drug-likeness (QED) is 0.741. The molecule has 0 aromatic carbocycles. The molecule has 0 amide bonds. The standard InChI is InChI=1S/C17H28O4/c1-4-17(20-13(2)18)11-7-14(8-12-17)15(19)21-16(3)9-5-6-10-16/h14H,4-12H2,1-3H3. The average Bonchev–Trinajstić information content (AvgIpc) is 2.85. The first-order chi connectivity index (χ1) is 9.88. The zero-order valence-electron chi connectivity index (χ0n) is 13.6. The van der Waals surface area contributed by atoms with E-state index in [0.29, 0.717) is 0 Å². The first-order valence-corrected chi connectivity index (χ1v) is 8.30. The summed E-state index contributed by atoms with van der Waals surface area (Å²) in [5, 5.41) is 0. The van der Waals surface area contributed by atoms with Crippen molar-refractivity contribution in [3.05, 3.63) is 0 Å². The number of carbonyl (C=O) groups excluding carboxylic acids is 2. The Morgan fingerprint density at radius 3 is 2.10 bits per heavy atom. The van der Waals surface area contributed by atoms with Gasteiger partial charge in [-0.15, -0.1) is 0 Å². The van der Waals surface area contributed by atoms with Gasteiger partial charge in [0.1, 0.15) is 11.2 Å². The molecule has 0 radical (unpaired) electrons. The van der Waals surface area contributed by atoms with E-state index in [2.05, 4.69) is 6.92 Å². The maximum atomic E-state index is 12.4. The largest absolute Gasteiger partial charge is 0.459 e. The molecule has 120 valence electrons. The molecule has 0 N–H and O–H groups in total. The van der Waals surface area contributed by atoms with Crippen molar-refractivity contribution in [3.63, 3.8) is 0 Å². The Hall–Kier alpha value is -1.06. The first kappa shape index (κ1) is 16.3. The third-order valence-corrected chi connectivity index (χ3v) is 5.24. The van der Waals surface area contributed by atoms with Crippen LogP contribution in [0.1, 0.15) is 78.6 Å². The number of rotatable bonds is 4. The molecule has 0 heterocycles. The lowest BCUT2D eigenvalue weighted by molar-refractivity contribution is -0.170. The van der Waals surface area contributed by atoms with E-state index < -0.39 is 0 Å². The molecular formula is C17H28O4. The lowest BCUT2D eigenvalue weighted by atomic mass is 9.77. The summed E-state index contributed by atoms with van der Waals surface area (Å²) in [7, 11) is 0. The fourth-order valence-electron chi connectivity index (χ4n) is 3.76. The molecule has 2 saturated carbocycles. The monoisotopic (exact) mass is 296 g/mol. The molecule has 0 aromatic rings. The van der Waals surface area contributed by atoms with Gasteiger partial charge >= 0.3 is 11.9 Å². The minimum absolute atomic E-state index is 0.0299. The van der Waals surface area contributed by atoms with Crippen molar-refractivity contribution in [3.8, 4) is 0 Å². The van der Waals surface area contributed by atoms with Gasteiger partial charge in [-0.05, 0) is 64.7 Å². The Kier molecular flexibility index (Phi) is 4.95. The highest BCUT2D eigenvalue weighted by molar-refractivity contribution is 5.73. The first-order valence-electron chi connectivity index (χ1n) is 8.30. The van der Waals surface area contributed by atoms with Crippen LogP contribution in [0.15, 0.2) is 0 Å². The summed E-state index contributed by atoms with van der Waals surface area (Å²) in [6, 6.07) is 0. The van der Waals surface area contributed by atoms with Gasteiger partial charge in [0, 0.05) is 6.92 Å². The number of hydrogen-bond acceptors (Lipinski definition) is 4. The van der Waals surface area contributed by atoms with Crippen LogP contribution in [-0.2, 0) is 19.1 Å². The molecule has 2 aliphatic carbocycles. The second-order valence-electron chi connectivity index (χ2n) is 6.98. The van der Waals surface area contributed by atoms with Crippen LogP contribution >= 0.6 is 0 Å². The van der Waals surface area contributed by atoms with Gasteiger partial charge in [0.2, 0.25) is 0 Å². The van der Waals surface area contributed by atoms with Gasteiger partial charge in [0.25, 0.3) is 0 Å². The smallest absolute Gasteiger partial charge is 0.309 e. The van der Waals surface area contributed by atoms with Crippen molar-refractivity contribution in [2.75, 3.05) is 0 Å². The molecule has 4 heteroatoms. The van der Waals surface area contributed by atoms with Crippen LogP contribution in [-0.4, -0.2) is 23.1 Å². The third kappa shape index (κ3) is 3.98. The van der Waals surface area contributed by atoms with Gasteiger partial charge in [0.15, 0.2) is 0 Å². The van der Waals surface area contributed by atoms with E-state index in [1.165, 1.54) is 6.92 Å². The van der Waals surface area contributed by atoms with Crippen molar-refractivity contribution in [1.82, 2.24) is 0 Å². The summed E-state index contributed by atoms with van der Waals surface area (Å²) in [4.78, 5) is 23.6. The summed E-state index contributed by atoms with van der Waals surface area (Å²) in [6.07, 6.45) is 8.13. The van der Waals surface area contributed by atoms with Crippen LogP contribution in [0.2, 0.25) is 0 Å². The summed E-state index contributed by atoms with van der Waals surface area (Å²) in [5.41, 5.74) is -0.605. The molecule has 21 heavy (non-hydrogen) atoms. The second-order valence-corrected chi connectivity index (χ2v) is 6.98. The van der Waals surface area contributed by atoms with Crippen LogP contribution in [0.25, 0.3) is 0 Å². The predicted octanol–water partition coefficient (Wildman–Crippen LogP) is 3.76. The van der Waals surface area contributed by atoms with Gasteiger partial charge in [0.05, 0.1) is 5.92 Å². The Morgan fingerprint density at radius 1 is 1.05 bits per heavy atom. The van der Waals surface area contributed by atoms with Gasteiger partial charge < -0.3 is 9.47 Å². The molecule has 0 saturated heterocycles. The Balaban J connectivity index is 1.88. The van der Waals surface area contributed by atoms with Gasteiger partial charge in [-0.1, -0.05) is 6.92 Å². The number of ether oxygens (including phenoxy) is 2. The fourth-order valence-corrected chi connectivity index (χ4v) is 3.76. The maximum absolute atomic E-state index is 12.4. The molecule has 0 aliphatic heterocycles. The molecule has 0 aromatic heterocycles. The lowest BCUT2D eigenvalue weighted by Gasteiger charge is -2.38. The molecule has 0 bridgehead atoms. The van der Waals surface area contributed by atoms with Gasteiger partial charge in [-0.2, -0.15) is 0 Å². The van der Waals surface area contributed by atoms with E-state index in [1.54, 1.807) is 0 Å². The summed E-state index contributed by atoms with van der Waals surface area (Å²) in [5.74, 6) is -0.305. The van der Waals surface area contributed by atoms with E-state index in [1.807, 2.05) is 6.92 Å². The minimum Gasteiger partial charge on any atom is -0.459 e. The topological polar surface area (TPSA) is 52.6 Å². The molecular weight excluding hydrogens is 268 g/mol. The van der Waals surface area contributed by atoms with Crippen molar-refractivity contribution in [2.24, 2.45) is 5.92 Å². The molecule has 0 spiro atoms. The molecule has 2 aliphatic rings. The highest BCUT2D eigenvalue weighted by Crippen LogP contribution is 2.40. The summed E-state index contributed by atoms with van der Waals surface area (Å²) < 4.78 is 11.3. The second kappa shape index (κ2) is 6.37. The van der Waals surface area contributed by atoms with E-state index in [0.717, 1.165) is 57.8 Å². The Morgan fingerprint density at radius 2 is 1.62 bits per heavy atom. The third-order valence-electron chi connectivity index (χ3n) is 5.24. The molecule has 4 nitrogen and oxygen atoms in total. The summed E-state index contributed by atoms with van der Waals surface area (Å²) >= 11 is 0. The fraction of sp³-hybridized carbons (Fsp3) is 0.882. The van der Waals surface area contributed by atoms with E-state index in [-0.39, 0.29) is 29.1 Å². The van der Waals surface area contributed by atoms with Crippen molar-refractivity contribution < 1.29 is 19.1 Å². The Labute approximate surface area is 127 Å². The van der Waals surface area contributed by atoms with Crippen LogP contribution in [0.5, 0.6) is 0 Å². The zero-order valence-corrected chi connectivity index (χ0v) is 13.6. The highest BCUT2D eigenvalue weighted by Gasteiger charge is 2.41. The maximum Gasteiger partial charge on any atom is 0.309 e. The van der Waals surface area contributed by atoms with Gasteiger partial charge in [-0.3, -0.25) is 9.59 Å². The molecule has 2 rings (SSSR count). The van der Waals surface area contributed by atoms with E-state index in [4.69, 9.17) is 9.47 Å². The number of carbonyl (C=O) groups is 2. The van der Waals surface area contributed by atoms with Crippen molar-refractivity contribution >= 4 is 11.9 Å². The normalized spacial score (nSPS) is 31.7. The lowest BCUT2D eigenvalue weighted by Crippen LogP contribution is -2.41. The van der Waals surface area contributed by atoms with Crippen LogP contribution in [0, 0.1) is 5.92 Å². The Bertz CT molecular complexity index is 388. The molecule has 2 fully saturated rings. The average molecular weight is 296 g/mol. The van der Waals surface area contributed by atoms with Gasteiger partial charge in [-0.25, -0.2) is 0 Å². The minimum atomic E-state index is -0.361. The van der Waals surface area contributed by atoms with Crippen molar-refractivity contribution in [1.29, 1.82) is 0 Å². The number of esters is 2. The molecule has 0 unspecified atom stereocenters. The van der Waals surface area contributed by atoms with Crippen LogP contribution in [0.3, 0.4) is 0 Å². The van der Waals surface area contributed by atoms with Crippen LogP contribution in [0.4, 0.5) is 0 Å². The highest BCUT2D eigenvalue weighted by atomic mass is 16.6. The van der Waals surface area contributed by atoms with Crippen LogP contribution < -0.4 is 0 Å². The van der Waals surface area contributed by atoms with Crippen molar-refractivity contribution in [2.45, 2.75) is 89.8 Å². The zero-order chi connectivity index (χ0) is 15.5. The predicted molar refractivity (Wildman–Crippen MR) is 79.7 cm³/mol. The number of hydrogen-bond donors (Lipinski definition) is 0. The SMILES string of the molecule is CCC1(OC(C)=O)CCC(C(=O)OC2(C)CCCC2)CC1. The summed E-state index contributed by atoms with van der Waals surface area (Å²) in [6.45, 7) is 5.55.